The number of aromatic hydroxyl groups is 1. The zero-order valence-electron chi connectivity index (χ0n) is 15.8. The maximum atomic E-state index is 10.3. The number of fused-ring (bicyclic) bond motifs is 1. The molecule has 9 heteroatoms. The van der Waals surface area contributed by atoms with Crippen molar-refractivity contribution in [1.82, 2.24) is 24.4 Å². The predicted molar refractivity (Wildman–Crippen MR) is 104 cm³/mol. The molecule has 148 valence electrons. The number of aromatic nitrogens is 4. The third kappa shape index (κ3) is 3.85. The molecule has 3 aromatic rings. The van der Waals surface area contributed by atoms with Crippen molar-refractivity contribution in [2.24, 2.45) is 0 Å². The van der Waals surface area contributed by atoms with Crippen molar-refractivity contribution in [1.29, 1.82) is 0 Å². The summed E-state index contributed by atoms with van der Waals surface area (Å²) in [6.07, 6.45) is 1.27. The summed E-state index contributed by atoms with van der Waals surface area (Å²) in [5, 5.41) is 10.3. The summed E-state index contributed by atoms with van der Waals surface area (Å²) < 4.78 is 12.1. The minimum absolute atomic E-state index is 0.134. The van der Waals surface area contributed by atoms with Crippen molar-refractivity contribution in [2.45, 2.75) is 19.5 Å². The van der Waals surface area contributed by atoms with Crippen LogP contribution in [0.3, 0.4) is 0 Å². The molecule has 1 saturated heterocycles. The number of nitrogens with zero attached hydrogens (tertiary/aromatic N) is 5. The van der Waals surface area contributed by atoms with Gasteiger partial charge in [-0.3, -0.25) is 9.47 Å². The third-order valence-electron chi connectivity index (χ3n) is 4.79. The minimum Gasteiger partial charge on any atom is -0.480 e. The summed E-state index contributed by atoms with van der Waals surface area (Å²) in [4.78, 5) is 15.0. The summed E-state index contributed by atoms with van der Waals surface area (Å²) >= 11 is 0. The lowest BCUT2D eigenvalue weighted by Gasteiger charge is -2.30. The van der Waals surface area contributed by atoms with Gasteiger partial charge in [-0.2, -0.15) is 15.0 Å². The smallest absolute Gasteiger partial charge is 0.320 e. The molecular formula is C19H24N6O3. The Hall–Kier alpha value is -2.91. The first-order valence-corrected chi connectivity index (χ1v) is 9.28. The molecule has 0 radical (unpaired) electrons. The number of methoxy groups -OCH3 is 1. The van der Waals surface area contributed by atoms with Crippen LogP contribution < -0.4 is 10.5 Å². The molecule has 0 bridgehead atoms. The monoisotopic (exact) mass is 384 g/mol. The molecule has 1 fully saturated rings. The second kappa shape index (κ2) is 7.99. The number of hydrogen-bond acceptors (Lipinski definition) is 8. The molecule has 1 aliphatic heterocycles. The normalized spacial score (nSPS) is 14.3. The van der Waals surface area contributed by atoms with Crippen LogP contribution in [0.15, 0.2) is 24.3 Å². The molecule has 28 heavy (non-hydrogen) atoms. The molecule has 0 amide bonds. The van der Waals surface area contributed by atoms with Crippen LogP contribution in [0.1, 0.15) is 17.5 Å². The fraction of sp³-hybridized carbons (Fsp3) is 0.421. The number of nitrogens with two attached hydrogens (primary N) is 1. The Labute approximate surface area is 162 Å². The van der Waals surface area contributed by atoms with Gasteiger partial charge in [0, 0.05) is 13.7 Å². The maximum absolute atomic E-state index is 10.3. The fourth-order valence-corrected chi connectivity index (χ4v) is 3.22. The Kier molecular flexibility index (Phi) is 5.27. The minimum atomic E-state index is -0.154. The van der Waals surface area contributed by atoms with Crippen LogP contribution in [0.5, 0.6) is 12.0 Å². The van der Waals surface area contributed by atoms with Gasteiger partial charge in [0.1, 0.15) is 6.61 Å². The van der Waals surface area contributed by atoms with Gasteiger partial charge in [-0.1, -0.05) is 24.3 Å². The molecule has 2 aromatic heterocycles. The highest BCUT2D eigenvalue weighted by atomic mass is 16.5. The van der Waals surface area contributed by atoms with Crippen LogP contribution in [-0.4, -0.2) is 62.9 Å². The van der Waals surface area contributed by atoms with E-state index in [1.54, 1.807) is 11.7 Å². The first kappa shape index (κ1) is 18.5. The average Bonchev–Trinajstić information content (AvgIpc) is 2.95. The molecule has 0 saturated carbocycles. The van der Waals surface area contributed by atoms with E-state index in [0.717, 1.165) is 25.2 Å². The lowest BCUT2D eigenvalue weighted by atomic mass is 10.1. The standard InChI is InChI=1S/C19H24N6O3/c1-27-8-9-28-18-22-16(20)15-17(23-18)25(19(26)21-15)12-14-5-2-4-13(10-14)11-24-6-3-7-24/h2,4-5,10H,3,6-9,11-12H2,1H3,(H,21,26)(H2,20,22,23). The van der Waals surface area contributed by atoms with Crippen molar-refractivity contribution >= 4 is 17.0 Å². The van der Waals surface area contributed by atoms with Gasteiger partial charge in [0.2, 0.25) is 0 Å². The highest BCUT2D eigenvalue weighted by molar-refractivity contribution is 5.83. The number of benzene rings is 1. The van der Waals surface area contributed by atoms with Crippen molar-refractivity contribution in [3.05, 3.63) is 35.4 Å². The van der Waals surface area contributed by atoms with Gasteiger partial charge < -0.3 is 20.3 Å². The van der Waals surface area contributed by atoms with Crippen LogP contribution in [0.2, 0.25) is 0 Å². The molecule has 1 aromatic carbocycles. The van der Waals surface area contributed by atoms with E-state index in [9.17, 15) is 5.11 Å². The van der Waals surface area contributed by atoms with Crippen LogP contribution in [0.25, 0.3) is 11.2 Å². The van der Waals surface area contributed by atoms with Crippen LogP contribution in [0, 0.1) is 0 Å². The lowest BCUT2D eigenvalue weighted by Crippen LogP contribution is -2.36. The SMILES string of the molecule is COCCOc1nc(N)c2nc(O)n(Cc3cccc(CN4CCC4)c3)c2n1. The van der Waals surface area contributed by atoms with E-state index in [4.69, 9.17) is 15.2 Å². The van der Waals surface area contributed by atoms with E-state index in [-0.39, 0.29) is 17.8 Å². The molecule has 0 aliphatic carbocycles. The molecule has 3 heterocycles. The second-order valence-electron chi connectivity index (χ2n) is 6.85. The Bertz CT molecular complexity index is 970. The van der Waals surface area contributed by atoms with E-state index in [1.807, 2.05) is 12.1 Å². The highest BCUT2D eigenvalue weighted by Gasteiger charge is 2.18. The first-order chi connectivity index (χ1) is 13.6. The number of rotatable bonds is 8. The number of imidazole rings is 1. The van der Waals surface area contributed by atoms with Crippen molar-refractivity contribution in [3.63, 3.8) is 0 Å². The number of ether oxygens (including phenoxy) is 2. The van der Waals surface area contributed by atoms with E-state index in [0.29, 0.717) is 30.9 Å². The highest BCUT2D eigenvalue weighted by Crippen LogP contribution is 2.26. The second-order valence-corrected chi connectivity index (χ2v) is 6.85. The van der Waals surface area contributed by atoms with Crippen LogP contribution >= 0.6 is 0 Å². The maximum Gasteiger partial charge on any atom is 0.320 e. The summed E-state index contributed by atoms with van der Waals surface area (Å²) in [6, 6.07) is 8.29. The van der Waals surface area contributed by atoms with Gasteiger partial charge in [0.15, 0.2) is 17.0 Å². The summed E-state index contributed by atoms with van der Waals surface area (Å²) in [6.45, 7) is 4.38. The molecule has 9 nitrogen and oxygen atoms in total. The third-order valence-corrected chi connectivity index (χ3v) is 4.79. The number of anilines is 1. The summed E-state index contributed by atoms with van der Waals surface area (Å²) in [5.41, 5.74) is 9.07. The van der Waals surface area contributed by atoms with E-state index in [2.05, 4.69) is 32.0 Å². The van der Waals surface area contributed by atoms with Crippen molar-refractivity contribution in [2.75, 3.05) is 39.1 Å². The molecule has 0 unspecified atom stereocenters. The first-order valence-electron chi connectivity index (χ1n) is 9.28. The molecule has 4 rings (SSSR count). The Balaban J connectivity index is 1.60. The van der Waals surface area contributed by atoms with Crippen molar-refractivity contribution < 1.29 is 14.6 Å². The van der Waals surface area contributed by atoms with Gasteiger partial charge in [-0.15, -0.1) is 0 Å². The van der Waals surface area contributed by atoms with Gasteiger partial charge in [0.05, 0.1) is 13.2 Å². The predicted octanol–water partition coefficient (Wildman–Crippen LogP) is 1.39. The average molecular weight is 384 g/mol. The van der Waals surface area contributed by atoms with E-state index < -0.39 is 0 Å². The summed E-state index contributed by atoms with van der Waals surface area (Å²) in [7, 11) is 1.59. The van der Waals surface area contributed by atoms with Gasteiger partial charge >= 0.3 is 6.01 Å². The lowest BCUT2D eigenvalue weighted by molar-refractivity contribution is 0.141. The van der Waals surface area contributed by atoms with Gasteiger partial charge in [-0.05, 0) is 30.6 Å². The van der Waals surface area contributed by atoms with Crippen LogP contribution in [-0.2, 0) is 17.8 Å². The fourth-order valence-electron chi connectivity index (χ4n) is 3.22. The number of likely N-dealkylation sites (tertiary alicyclic amines) is 1. The Morgan fingerprint density at radius 1 is 1.11 bits per heavy atom. The molecule has 3 N–H and O–H groups in total. The largest absolute Gasteiger partial charge is 0.480 e. The zero-order valence-corrected chi connectivity index (χ0v) is 15.8. The topological polar surface area (TPSA) is 112 Å². The van der Waals surface area contributed by atoms with Crippen molar-refractivity contribution in [3.8, 4) is 12.0 Å². The Morgan fingerprint density at radius 3 is 2.61 bits per heavy atom. The van der Waals surface area contributed by atoms with Crippen LogP contribution in [0.4, 0.5) is 5.82 Å². The van der Waals surface area contributed by atoms with E-state index in [1.165, 1.54) is 12.0 Å². The zero-order chi connectivity index (χ0) is 19.5. The number of hydrogen-bond donors (Lipinski definition) is 2. The summed E-state index contributed by atoms with van der Waals surface area (Å²) in [5.74, 6) is 0.165. The number of nitrogen functional groups attached to an aromatic ring is 1. The molecule has 0 atom stereocenters. The molecule has 1 aliphatic rings. The van der Waals surface area contributed by atoms with E-state index >= 15 is 0 Å². The quantitative estimate of drug-likeness (QED) is 0.561. The van der Waals surface area contributed by atoms with Gasteiger partial charge in [-0.25, -0.2) is 0 Å². The molecular weight excluding hydrogens is 360 g/mol. The van der Waals surface area contributed by atoms with Gasteiger partial charge in [0.25, 0.3) is 6.01 Å². The Morgan fingerprint density at radius 2 is 1.89 bits per heavy atom. The molecule has 0 spiro atoms.